The Labute approximate surface area is 85.0 Å². The summed E-state index contributed by atoms with van der Waals surface area (Å²) in [4.78, 5) is 6.76. The van der Waals surface area contributed by atoms with Crippen LogP contribution >= 0.6 is 0 Å². The summed E-state index contributed by atoms with van der Waals surface area (Å²) in [6.07, 6.45) is 0. The van der Waals surface area contributed by atoms with Gasteiger partial charge < -0.3 is 0 Å². The maximum Gasteiger partial charge on any atom is 0.149 e. The fourth-order valence-corrected chi connectivity index (χ4v) is 1.45. The molecule has 2 rings (SSSR count). The van der Waals surface area contributed by atoms with Gasteiger partial charge in [-0.3, -0.25) is 4.98 Å². The average molecular weight is 202 g/mol. The Bertz CT molecular complexity index is 573. The van der Waals surface area contributed by atoms with Crippen molar-refractivity contribution in [1.29, 1.82) is 0 Å². The summed E-state index contributed by atoms with van der Waals surface area (Å²) in [7, 11) is 0. The van der Waals surface area contributed by atoms with Gasteiger partial charge in [0.05, 0.1) is 0 Å². The van der Waals surface area contributed by atoms with E-state index in [0.29, 0.717) is 16.8 Å². The third kappa shape index (κ3) is 1.60. The molecule has 1 aromatic heterocycles. The summed E-state index contributed by atoms with van der Waals surface area (Å²) in [6.45, 7) is 1.72. The van der Waals surface area contributed by atoms with Crippen LogP contribution in [0.2, 0.25) is 0 Å². The molecule has 0 atom stereocenters. The van der Waals surface area contributed by atoms with Crippen molar-refractivity contribution in [3.63, 3.8) is 0 Å². The average Bonchev–Trinajstić information content (AvgIpc) is 2.20. The highest BCUT2D eigenvalue weighted by Crippen LogP contribution is 2.27. The summed E-state index contributed by atoms with van der Waals surface area (Å²) in [6, 6.07) is 6.19. The first-order valence-corrected chi connectivity index (χ1v) is 4.33. The molecule has 0 aliphatic carbocycles. The van der Waals surface area contributed by atoms with Gasteiger partial charge in [-0.15, -0.1) is 0 Å². The van der Waals surface area contributed by atoms with Crippen molar-refractivity contribution in [1.82, 2.24) is 4.98 Å². The van der Waals surface area contributed by atoms with Crippen molar-refractivity contribution in [3.05, 3.63) is 46.2 Å². The number of hydrogen-bond donors (Lipinski definition) is 0. The second kappa shape index (κ2) is 3.55. The van der Waals surface area contributed by atoms with E-state index in [-0.39, 0.29) is 5.52 Å². The number of hydrogen-bond acceptors (Lipinski definition) is 2. The van der Waals surface area contributed by atoms with Crippen LogP contribution in [0.3, 0.4) is 0 Å². The largest absolute Gasteiger partial charge is 0.250 e. The van der Waals surface area contributed by atoms with Gasteiger partial charge in [0, 0.05) is 21.7 Å². The van der Waals surface area contributed by atoms with E-state index in [9.17, 15) is 4.39 Å². The molecular formula is C10H7FN4. The van der Waals surface area contributed by atoms with Crippen LogP contribution in [0.1, 0.15) is 5.69 Å². The number of aromatic nitrogens is 1. The van der Waals surface area contributed by atoms with Crippen molar-refractivity contribution in [2.75, 3.05) is 0 Å². The quantitative estimate of drug-likeness (QED) is 0.395. The molecule has 0 amide bonds. The summed E-state index contributed by atoms with van der Waals surface area (Å²) >= 11 is 0. The van der Waals surface area contributed by atoms with Crippen LogP contribution in [0.5, 0.6) is 0 Å². The number of benzene rings is 1. The van der Waals surface area contributed by atoms with Crippen molar-refractivity contribution >= 4 is 16.6 Å². The number of rotatable bonds is 1. The van der Waals surface area contributed by atoms with Gasteiger partial charge in [0.1, 0.15) is 11.3 Å². The highest BCUT2D eigenvalue weighted by molar-refractivity contribution is 5.90. The minimum Gasteiger partial charge on any atom is -0.250 e. The van der Waals surface area contributed by atoms with E-state index in [1.807, 2.05) is 0 Å². The zero-order valence-electron chi connectivity index (χ0n) is 7.98. The highest BCUT2D eigenvalue weighted by atomic mass is 19.1. The Morgan fingerprint density at radius 1 is 1.47 bits per heavy atom. The third-order valence-electron chi connectivity index (χ3n) is 2.05. The van der Waals surface area contributed by atoms with Crippen LogP contribution < -0.4 is 0 Å². The SMILES string of the molecule is Cc1cc(N=[N+]=[N-])c2cccc(F)c2n1. The molecule has 0 saturated heterocycles. The smallest absolute Gasteiger partial charge is 0.149 e. The Hall–Kier alpha value is -2.13. The first-order valence-electron chi connectivity index (χ1n) is 4.33. The molecule has 4 nitrogen and oxygen atoms in total. The molecule has 1 heterocycles. The van der Waals surface area contributed by atoms with E-state index in [2.05, 4.69) is 15.0 Å². The number of pyridine rings is 1. The Morgan fingerprint density at radius 2 is 2.27 bits per heavy atom. The Morgan fingerprint density at radius 3 is 3.00 bits per heavy atom. The van der Waals surface area contributed by atoms with Crippen molar-refractivity contribution in [2.45, 2.75) is 6.92 Å². The molecule has 0 aliphatic heterocycles. The van der Waals surface area contributed by atoms with Gasteiger partial charge in [0.25, 0.3) is 0 Å². The highest BCUT2D eigenvalue weighted by Gasteiger charge is 2.06. The second-order valence-electron chi connectivity index (χ2n) is 3.11. The lowest BCUT2D eigenvalue weighted by Gasteiger charge is -2.03. The van der Waals surface area contributed by atoms with E-state index in [0.717, 1.165) is 0 Å². The molecule has 0 spiro atoms. The number of nitrogens with zero attached hydrogens (tertiary/aromatic N) is 4. The summed E-state index contributed by atoms with van der Waals surface area (Å²) in [5.41, 5.74) is 9.64. The van der Waals surface area contributed by atoms with Crippen LogP contribution in [0.15, 0.2) is 29.4 Å². The predicted octanol–water partition coefficient (Wildman–Crippen LogP) is 3.62. The maximum absolute atomic E-state index is 13.4. The van der Waals surface area contributed by atoms with Gasteiger partial charge in [0.15, 0.2) is 0 Å². The second-order valence-corrected chi connectivity index (χ2v) is 3.11. The lowest BCUT2D eigenvalue weighted by molar-refractivity contribution is 0.636. The standard InChI is InChI=1S/C10H7FN4/c1-6-5-9(14-15-12)7-3-2-4-8(11)10(7)13-6/h2-5H,1H3. The van der Waals surface area contributed by atoms with Gasteiger partial charge >= 0.3 is 0 Å². The third-order valence-corrected chi connectivity index (χ3v) is 2.05. The lowest BCUT2D eigenvalue weighted by atomic mass is 10.1. The van der Waals surface area contributed by atoms with E-state index < -0.39 is 5.82 Å². The topological polar surface area (TPSA) is 61.7 Å². The van der Waals surface area contributed by atoms with Gasteiger partial charge in [-0.1, -0.05) is 17.2 Å². The van der Waals surface area contributed by atoms with Crippen LogP contribution in [0.4, 0.5) is 10.1 Å². The molecule has 0 aliphatic rings. The first kappa shape index (κ1) is 9.43. The normalized spacial score (nSPS) is 10.0. The fraction of sp³-hybridized carbons (Fsp3) is 0.100. The molecule has 74 valence electrons. The van der Waals surface area contributed by atoms with E-state index >= 15 is 0 Å². The fourth-order valence-electron chi connectivity index (χ4n) is 1.45. The zero-order valence-corrected chi connectivity index (χ0v) is 7.98. The molecule has 0 radical (unpaired) electrons. The number of para-hydroxylation sites is 1. The predicted molar refractivity (Wildman–Crippen MR) is 55.2 cm³/mol. The molecule has 0 N–H and O–H groups in total. The first-order chi connectivity index (χ1) is 7.22. The number of azide groups is 1. The van der Waals surface area contributed by atoms with Crippen LogP contribution in [-0.2, 0) is 0 Å². The number of aryl methyl sites for hydroxylation is 1. The van der Waals surface area contributed by atoms with Gasteiger partial charge in [-0.2, -0.15) is 0 Å². The Kier molecular flexibility index (Phi) is 2.23. The van der Waals surface area contributed by atoms with Crippen LogP contribution in [0, 0.1) is 12.7 Å². The van der Waals surface area contributed by atoms with Crippen molar-refractivity contribution in [2.24, 2.45) is 5.11 Å². The van der Waals surface area contributed by atoms with E-state index in [1.165, 1.54) is 6.07 Å². The number of halogens is 1. The van der Waals surface area contributed by atoms with E-state index in [1.54, 1.807) is 25.1 Å². The minimum absolute atomic E-state index is 0.236. The molecule has 0 fully saturated rings. The molecule has 2 aromatic rings. The molecule has 0 unspecified atom stereocenters. The lowest BCUT2D eigenvalue weighted by Crippen LogP contribution is -1.87. The maximum atomic E-state index is 13.4. The van der Waals surface area contributed by atoms with Crippen molar-refractivity contribution < 1.29 is 4.39 Å². The molecule has 0 bridgehead atoms. The monoisotopic (exact) mass is 202 g/mol. The molecular weight excluding hydrogens is 195 g/mol. The Balaban J connectivity index is 2.92. The van der Waals surface area contributed by atoms with Crippen LogP contribution in [0.25, 0.3) is 21.3 Å². The number of fused-ring (bicyclic) bond motifs is 1. The molecule has 0 saturated carbocycles. The molecule has 5 heteroatoms. The van der Waals surface area contributed by atoms with Gasteiger partial charge in [-0.05, 0) is 24.6 Å². The van der Waals surface area contributed by atoms with Gasteiger partial charge in [0.2, 0.25) is 0 Å². The van der Waals surface area contributed by atoms with Crippen molar-refractivity contribution in [3.8, 4) is 0 Å². The molecule has 15 heavy (non-hydrogen) atoms. The van der Waals surface area contributed by atoms with Gasteiger partial charge in [-0.25, -0.2) is 4.39 Å². The summed E-state index contributed by atoms with van der Waals surface area (Å²) in [5, 5.41) is 4.04. The summed E-state index contributed by atoms with van der Waals surface area (Å²) < 4.78 is 13.4. The molecule has 1 aromatic carbocycles. The summed E-state index contributed by atoms with van der Waals surface area (Å²) in [5.74, 6) is -0.411. The minimum atomic E-state index is -0.411. The zero-order chi connectivity index (χ0) is 10.8. The van der Waals surface area contributed by atoms with Crippen LogP contribution in [-0.4, -0.2) is 4.98 Å². The van der Waals surface area contributed by atoms with E-state index in [4.69, 9.17) is 5.53 Å².